The van der Waals surface area contributed by atoms with E-state index in [9.17, 15) is 5.11 Å². The van der Waals surface area contributed by atoms with Crippen LogP contribution in [0.4, 0.5) is 0 Å². The van der Waals surface area contributed by atoms with Gasteiger partial charge in [0.05, 0.1) is 0 Å². The molecule has 0 bridgehead atoms. The zero-order valence-electron chi connectivity index (χ0n) is 11.4. The predicted octanol–water partition coefficient (Wildman–Crippen LogP) is 3.94. The Labute approximate surface area is 100 Å². The van der Waals surface area contributed by atoms with Crippen LogP contribution >= 0.6 is 0 Å². The molecule has 16 heavy (non-hydrogen) atoms. The van der Waals surface area contributed by atoms with Crippen molar-refractivity contribution in [3.05, 3.63) is 23.3 Å². The van der Waals surface area contributed by atoms with Crippen LogP contribution in [0, 0.1) is 17.3 Å². The number of hydrogen-bond donors (Lipinski definition) is 1. The van der Waals surface area contributed by atoms with Gasteiger partial charge in [-0.15, -0.1) is 0 Å². The fraction of sp³-hybridized carbons (Fsp3) is 0.733. The van der Waals surface area contributed by atoms with Crippen molar-refractivity contribution in [2.24, 2.45) is 17.3 Å². The molecule has 0 saturated heterocycles. The molecule has 2 unspecified atom stereocenters. The number of hydrogen-bond acceptors (Lipinski definition) is 1. The summed E-state index contributed by atoms with van der Waals surface area (Å²) in [5.74, 6) is 1.02. The van der Waals surface area contributed by atoms with Gasteiger partial charge in [-0.05, 0) is 43.9 Å². The van der Waals surface area contributed by atoms with Gasteiger partial charge in [0.2, 0.25) is 0 Å². The summed E-state index contributed by atoms with van der Waals surface area (Å²) in [5.41, 5.74) is 3.15. The van der Waals surface area contributed by atoms with Gasteiger partial charge in [-0.2, -0.15) is 0 Å². The number of aliphatic hydroxyl groups excluding tert-OH is 1. The van der Waals surface area contributed by atoms with E-state index in [0.29, 0.717) is 18.4 Å². The molecule has 0 heterocycles. The zero-order chi connectivity index (χ0) is 12.3. The van der Waals surface area contributed by atoms with Gasteiger partial charge < -0.3 is 5.11 Å². The summed E-state index contributed by atoms with van der Waals surface area (Å²) in [6, 6.07) is 0. The average molecular weight is 222 g/mol. The van der Waals surface area contributed by atoms with Crippen LogP contribution in [-0.4, -0.2) is 11.7 Å². The molecule has 0 amide bonds. The maximum atomic E-state index is 9.41. The first kappa shape index (κ1) is 13.5. The third-order valence-corrected chi connectivity index (χ3v) is 4.33. The quantitative estimate of drug-likeness (QED) is 0.717. The van der Waals surface area contributed by atoms with E-state index >= 15 is 0 Å². The van der Waals surface area contributed by atoms with Crippen molar-refractivity contribution in [3.63, 3.8) is 0 Å². The number of allylic oxidation sites excluding steroid dienone is 4. The van der Waals surface area contributed by atoms with Gasteiger partial charge in [-0.3, -0.25) is 0 Å². The van der Waals surface area contributed by atoms with Crippen LogP contribution < -0.4 is 0 Å². The number of rotatable bonds is 3. The Morgan fingerprint density at radius 2 is 2.06 bits per heavy atom. The van der Waals surface area contributed by atoms with Gasteiger partial charge in [-0.1, -0.05) is 44.1 Å². The monoisotopic (exact) mass is 222 g/mol. The van der Waals surface area contributed by atoms with E-state index in [1.165, 1.54) is 11.1 Å². The molecule has 92 valence electrons. The molecular weight excluding hydrogens is 196 g/mol. The summed E-state index contributed by atoms with van der Waals surface area (Å²) in [5, 5.41) is 9.41. The molecule has 0 aromatic carbocycles. The fourth-order valence-electron chi connectivity index (χ4n) is 2.56. The van der Waals surface area contributed by atoms with Crippen molar-refractivity contribution in [2.75, 3.05) is 6.61 Å². The average Bonchev–Trinajstić information content (AvgIpc) is 2.40. The molecule has 0 radical (unpaired) electrons. The Balaban J connectivity index is 2.75. The van der Waals surface area contributed by atoms with Gasteiger partial charge in [0.25, 0.3) is 0 Å². The molecular formula is C15H26O. The first-order valence-electron chi connectivity index (χ1n) is 6.32. The summed E-state index contributed by atoms with van der Waals surface area (Å²) >= 11 is 0. The summed E-state index contributed by atoms with van der Waals surface area (Å²) in [6.07, 6.45) is 6.73. The molecule has 0 aliphatic heterocycles. The lowest BCUT2D eigenvalue weighted by molar-refractivity contribution is 0.121. The van der Waals surface area contributed by atoms with Crippen LogP contribution in [0.25, 0.3) is 0 Å². The van der Waals surface area contributed by atoms with Crippen molar-refractivity contribution in [1.82, 2.24) is 0 Å². The van der Waals surface area contributed by atoms with E-state index in [-0.39, 0.29) is 5.41 Å². The topological polar surface area (TPSA) is 20.2 Å². The zero-order valence-corrected chi connectivity index (χ0v) is 11.4. The molecule has 0 aromatic rings. The molecule has 1 nitrogen and oxygen atoms in total. The normalized spacial score (nSPS) is 30.8. The second-order valence-electron chi connectivity index (χ2n) is 5.92. The van der Waals surface area contributed by atoms with E-state index in [1.54, 1.807) is 0 Å². The highest BCUT2D eigenvalue weighted by Gasteiger charge is 2.42. The van der Waals surface area contributed by atoms with Crippen LogP contribution in [0.2, 0.25) is 0 Å². The molecule has 1 aliphatic carbocycles. The Hall–Kier alpha value is -0.560. The molecule has 1 N–H and O–H groups in total. The van der Waals surface area contributed by atoms with Gasteiger partial charge >= 0.3 is 0 Å². The van der Waals surface area contributed by atoms with Crippen molar-refractivity contribution >= 4 is 0 Å². The molecule has 2 atom stereocenters. The molecule has 1 saturated carbocycles. The van der Waals surface area contributed by atoms with Crippen molar-refractivity contribution in [2.45, 2.75) is 47.5 Å². The Kier molecular flexibility index (Phi) is 4.37. The largest absolute Gasteiger partial charge is 0.396 e. The van der Waals surface area contributed by atoms with Gasteiger partial charge in [0, 0.05) is 6.61 Å². The first-order valence-corrected chi connectivity index (χ1v) is 6.32. The summed E-state index contributed by atoms with van der Waals surface area (Å²) in [4.78, 5) is 0. The third-order valence-electron chi connectivity index (χ3n) is 4.33. The lowest BCUT2D eigenvalue weighted by Gasteiger charge is -2.29. The third kappa shape index (κ3) is 2.76. The van der Waals surface area contributed by atoms with Crippen molar-refractivity contribution in [3.8, 4) is 0 Å². The number of aliphatic hydroxyl groups is 1. The van der Waals surface area contributed by atoms with Crippen LogP contribution in [-0.2, 0) is 0 Å². The smallest absolute Gasteiger partial charge is 0.0467 e. The summed E-state index contributed by atoms with van der Waals surface area (Å²) < 4.78 is 0. The standard InChI is InChI=1S/C15H26O/c1-11(2)7-6-8-13-9-14(10-16)15(4,5)12(13)3/h7-8,12,14,16H,6,9-10H2,1-5H3. The highest BCUT2D eigenvalue weighted by molar-refractivity contribution is 5.19. The van der Waals surface area contributed by atoms with Gasteiger partial charge in [0.1, 0.15) is 0 Å². The maximum Gasteiger partial charge on any atom is 0.0467 e. The van der Waals surface area contributed by atoms with Crippen molar-refractivity contribution < 1.29 is 5.11 Å². The molecule has 0 aromatic heterocycles. The fourth-order valence-corrected chi connectivity index (χ4v) is 2.56. The molecule has 1 fully saturated rings. The van der Waals surface area contributed by atoms with Gasteiger partial charge in [0.15, 0.2) is 0 Å². The molecule has 1 aliphatic rings. The van der Waals surface area contributed by atoms with Crippen LogP contribution in [0.5, 0.6) is 0 Å². The minimum atomic E-state index is 0.242. The van der Waals surface area contributed by atoms with Crippen LogP contribution in [0.3, 0.4) is 0 Å². The summed E-state index contributed by atoms with van der Waals surface area (Å²) in [7, 11) is 0. The van der Waals surface area contributed by atoms with Crippen LogP contribution in [0.1, 0.15) is 47.5 Å². The minimum Gasteiger partial charge on any atom is -0.396 e. The highest BCUT2D eigenvalue weighted by atomic mass is 16.3. The SMILES string of the molecule is CC(C)=CCC=C1CC(CO)C(C)(C)C1C. The molecule has 1 rings (SSSR count). The van der Waals surface area contributed by atoms with Gasteiger partial charge in [-0.25, -0.2) is 0 Å². The second kappa shape index (κ2) is 5.18. The predicted molar refractivity (Wildman–Crippen MR) is 70.3 cm³/mol. The summed E-state index contributed by atoms with van der Waals surface area (Å²) in [6.45, 7) is 11.4. The van der Waals surface area contributed by atoms with Crippen molar-refractivity contribution in [1.29, 1.82) is 0 Å². The Morgan fingerprint density at radius 1 is 1.44 bits per heavy atom. The molecule has 0 spiro atoms. The Bertz CT molecular complexity index is 293. The minimum absolute atomic E-state index is 0.242. The van der Waals surface area contributed by atoms with E-state index in [0.717, 1.165) is 12.8 Å². The lowest BCUT2D eigenvalue weighted by Crippen LogP contribution is -2.25. The highest BCUT2D eigenvalue weighted by Crippen LogP contribution is 2.50. The first-order chi connectivity index (χ1) is 7.39. The second-order valence-corrected chi connectivity index (χ2v) is 5.92. The van der Waals surface area contributed by atoms with E-state index in [1.807, 2.05) is 0 Å². The van der Waals surface area contributed by atoms with Crippen LogP contribution in [0.15, 0.2) is 23.3 Å². The molecule has 1 heteroatoms. The lowest BCUT2D eigenvalue weighted by atomic mass is 9.76. The van der Waals surface area contributed by atoms with E-state index in [2.05, 4.69) is 46.8 Å². The van der Waals surface area contributed by atoms with E-state index in [4.69, 9.17) is 0 Å². The Morgan fingerprint density at radius 3 is 2.50 bits per heavy atom. The maximum absolute atomic E-state index is 9.41. The van der Waals surface area contributed by atoms with E-state index < -0.39 is 0 Å².